The van der Waals surface area contributed by atoms with Crippen LogP contribution in [-0.4, -0.2) is 22.5 Å². The van der Waals surface area contributed by atoms with Crippen LogP contribution in [-0.2, 0) is 9.53 Å². The van der Waals surface area contributed by atoms with E-state index >= 15 is 0 Å². The third-order valence-electron chi connectivity index (χ3n) is 4.59. The molecule has 7 heteroatoms. The maximum atomic E-state index is 12.3. The Balaban J connectivity index is 1.68. The highest BCUT2D eigenvalue weighted by Crippen LogP contribution is 2.27. The maximum absolute atomic E-state index is 12.3. The lowest BCUT2D eigenvalue weighted by molar-refractivity contribution is -0.151. The molecule has 1 atom stereocenters. The Morgan fingerprint density at radius 2 is 1.96 bits per heavy atom. The van der Waals surface area contributed by atoms with Crippen molar-refractivity contribution in [1.82, 2.24) is 9.97 Å². The zero-order valence-corrected chi connectivity index (χ0v) is 16.8. The number of benzene rings is 1. The quantitative estimate of drug-likeness (QED) is 0.673. The Morgan fingerprint density at radius 3 is 2.67 bits per heavy atom. The minimum absolute atomic E-state index is 0.212. The van der Waals surface area contributed by atoms with Gasteiger partial charge in [0.15, 0.2) is 18.5 Å². The van der Waals surface area contributed by atoms with Gasteiger partial charge in [-0.2, -0.15) is 0 Å². The van der Waals surface area contributed by atoms with Crippen LogP contribution >= 0.6 is 11.3 Å². The number of carbonyl (C=O) groups is 1. The first kappa shape index (κ1) is 19.1. The van der Waals surface area contributed by atoms with Gasteiger partial charge in [0, 0.05) is 4.88 Å². The Kier molecular flexibility index (Phi) is 5.32. The van der Waals surface area contributed by atoms with Crippen molar-refractivity contribution in [3.63, 3.8) is 0 Å². The zero-order chi connectivity index (χ0) is 19.7. The highest BCUT2D eigenvalue weighted by atomic mass is 32.1. The molecule has 0 aliphatic rings. The molecule has 1 aromatic carbocycles. The predicted molar refractivity (Wildman–Crippen MR) is 106 cm³/mol. The number of aryl methyl sites for hydroxylation is 4. The Hall–Kier alpha value is -2.67. The number of thiophene rings is 1. The van der Waals surface area contributed by atoms with Gasteiger partial charge in [-0.1, -0.05) is 6.07 Å². The van der Waals surface area contributed by atoms with Gasteiger partial charge in [-0.05, 0) is 63.4 Å². The molecule has 27 heavy (non-hydrogen) atoms. The number of ether oxygens (including phenoxy) is 2. The molecule has 0 fully saturated rings. The minimum Gasteiger partial charge on any atom is -0.482 e. The Labute approximate surface area is 161 Å². The number of hydrogen-bond donors (Lipinski definition) is 1. The molecule has 0 unspecified atom stereocenters. The zero-order valence-electron chi connectivity index (χ0n) is 16.0. The third kappa shape index (κ3) is 4.03. The van der Waals surface area contributed by atoms with Crippen LogP contribution in [0.1, 0.15) is 40.4 Å². The van der Waals surface area contributed by atoms with E-state index in [0.717, 1.165) is 21.6 Å². The van der Waals surface area contributed by atoms with E-state index in [2.05, 4.69) is 9.97 Å². The van der Waals surface area contributed by atoms with Gasteiger partial charge in [0.2, 0.25) is 0 Å². The van der Waals surface area contributed by atoms with Crippen LogP contribution in [0.3, 0.4) is 0 Å². The molecule has 0 saturated carbocycles. The van der Waals surface area contributed by atoms with Gasteiger partial charge < -0.3 is 14.5 Å². The van der Waals surface area contributed by atoms with Crippen LogP contribution in [0.2, 0.25) is 0 Å². The number of aromatic nitrogens is 2. The van der Waals surface area contributed by atoms with E-state index in [-0.39, 0.29) is 12.2 Å². The fourth-order valence-corrected chi connectivity index (χ4v) is 3.73. The first-order valence-corrected chi connectivity index (χ1v) is 9.47. The van der Waals surface area contributed by atoms with E-state index in [1.165, 1.54) is 11.3 Å². The number of fused-ring (bicyclic) bond motifs is 1. The van der Waals surface area contributed by atoms with Crippen LogP contribution in [0.4, 0.5) is 0 Å². The molecule has 0 saturated heterocycles. The molecule has 0 aliphatic carbocycles. The summed E-state index contributed by atoms with van der Waals surface area (Å²) in [4.78, 5) is 33.3. The summed E-state index contributed by atoms with van der Waals surface area (Å²) in [6.07, 6.45) is -0.680. The van der Waals surface area contributed by atoms with Crippen molar-refractivity contribution in [1.29, 1.82) is 0 Å². The normalized spacial score (nSPS) is 12.2. The van der Waals surface area contributed by atoms with Gasteiger partial charge in [0.25, 0.3) is 5.56 Å². The standard InChI is InChI=1S/C20H22N2O4S/c1-10-6-7-15(8-11(10)2)25-9-16(23)26-13(4)18-21-19(24)17-12(3)14(5)27-20(17)22-18/h6-8,13H,9H2,1-5H3,(H,21,22,24)/t13-/m0/s1. The van der Waals surface area contributed by atoms with Crippen molar-refractivity contribution in [2.75, 3.05) is 6.61 Å². The molecule has 0 bridgehead atoms. The number of nitrogens with one attached hydrogen (secondary N) is 1. The molecule has 3 rings (SSSR count). The first-order chi connectivity index (χ1) is 12.8. The van der Waals surface area contributed by atoms with Gasteiger partial charge in [-0.3, -0.25) is 4.79 Å². The van der Waals surface area contributed by atoms with Crippen molar-refractivity contribution in [3.05, 3.63) is 55.9 Å². The fourth-order valence-electron chi connectivity index (χ4n) is 2.70. The van der Waals surface area contributed by atoms with Gasteiger partial charge in [-0.25, -0.2) is 9.78 Å². The summed E-state index contributed by atoms with van der Waals surface area (Å²) < 4.78 is 10.8. The van der Waals surface area contributed by atoms with Gasteiger partial charge in [-0.15, -0.1) is 11.3 Å². The van der Waals surface area contributed by atoms with Crippen LogP contribution in [0.5, 0.6) is 5.75 Å². The molecule has 0 aliphatic heterocycles. The van der Waals surface area contributed by atoms with Gasteiger partial charge in [0.1, 0.15) is 10.6 Å². The molecule has 1 N–H and O–H groups in total. The summed E-state index contributed by atoms with van der Waals surface area (Å²) in [5.41, 5.74) is 2.96. The Bertz CT molecular complexity index is 1070. The number of aromatic amines is 1. The molecule has 2 aromatic heterocycles. The molecule has 0 radical (unpaired) electrons. The maximum Gasteiger partial charge on any atom is 0.344 e. The average molecular weight is 386 g/mol. The van der Waals surface area contributed by atoms with Crippen molar-refractivity contribution < 1.29 is 14.3 Å². The van der Waals surface area contributed by atoms with Crippen molar-refractivity contribution in [2.24, 2.45) is 0 Å². The predicted octanol–water partition coefficient (Wildman–Crippen LogP) is 3.90. The molecule has 0 amide bonds. The summed E-state index contributed by atoms with van der Waals surface area (Å²) in [7, 11) is 0. The highest BCUT2D eigenvalue weighted by molar-refractivity contribution is 7.18. The first-order valence-electron chi connectivity index (χ1n) is 8.65. The SMILES string of the molecule is Cc1ccc(OCC(=O)O[C@@H](C)c2nc3sc(C)c(C)c3c(=O)[nH]2)cc1C. The molecular formula is C20H22N2O4S. The lowest BCUT2D eigenvalue weighted by atomic mass is 10.1. The molecule has 6 nitrogen and oxygen atoms in total. The van der Waals surface area contributed by atoms with E-state index in [4.69, 9.17) is 9.47 Å². The summed E-state index contributed by atoms with van der Waals surface area (Å²) in [5.74, 6) is 0.412. The second-order valence-electron chi connectivity index (χ2n) is 6.58. The van der Waals surface area contributed by atoms with E-state index in [9.17, 15) is 9.59 Å². The van der Waals surface area contributed by atoms with Crippen LogP contribution in [0.15, 0.2) is 23.0 Å². The van der Waals surface area contributed by atoms with E-state index in [0.29, 0.717) is 21.8 Å². The van der Waals surface area contributed by atoms with E-state index in [1.807, 2.05) is 45.9 Å². The number of esters is 1. The van der Waals surface area contributed by atoms with Gasteiger partial charge in [0.05, 0.1) is 5.39 Å². The third-order valence-corrected chi connectivity index (χ3v) is 5.69. The summed E-state index contributed by atoms with van der Waals surface area (Å²) in [6.45, 7) is 9.31. The molecule has 0 spiro atoms. The molecule has 2 heterocycles. The lowest BCUT2D eigenvalue weighted by Crippen LogP contribution is -2.20. The molecule has 3 aromatic rings. The largest absolute Gasteiger partial charge is 0.482 e. The Morgan fingerprint density at radius 1 is 1.22 bits per heavy atom. The average Bonchev–Trinajstić information content (AvgIpc) is 2.90. The van der Waals surface area contributed by atoms with Crippen molar-refractivity contribution in [3.8, 4) is 5.75 Å². The summed E-state index contributed by atoms with van der Waals surface area (Å²) in [5, 5.41) is 0.595. The smallest absolute Gasteiger partial charge is 0.344 e. The number of rotatable bonds is 5. The summed E-state index contributed by atoms with van der Waals surface area (Å²) >= 11 is 1.46. The fraction of sp³-hybridized carbons (Fsp3) is 0.350. The van der Waals surface area contributed by atoms with Crippen LogP contribution < -0.4 is 10.3 Å². The van der Waals surface area contributed by atoms with Crippen molar-refractivity contribution >= 4 is 27.5 Å². The topological polar surface area (TPSA) is 81.3 Å². The number of nitrogens with zero attached hydrogens (tertiary/aromatic N) is 1. The number of H-pyrrole nitrogens is 1. The second kappa shape index (κ2) is 7.52. The number of hydrogen-bond acceptors (Lipinski definition) is 6. The summed E-state index contributed by atoms with van der Waals surface area (Å²) in [6, 6.07) is 5.63. The highest BCUT2D eigenvalue weighted by Gasteiger charge is 2.18. The number of carbonyl (C=O) groups excluding carboxylic acids is 1. The van der Waals surface area contributed by atoms with Crippen LogP contribution in [0.25, 0.3) is 10.2 Å². The molecular weight excluding hydrogens is 364 g/mol. The monoisotopic (exact) mass is 386 g/mol. The van der Waals surface area contributed by atoms with E-state index < -0.39 is 12.1 Å². The second-order valence-corrected chi connectivity index (χ2v) is 7.78. The van der Waals surface area contributed by atoms with Crippen molar-refractivity contribution in [2.45, 2.75) is 40.7 Å². The van der Waals surface area contributed by atoms with Gasteiger partial charge >= 0.3 is 5.97 Å². The lowest BCUT2D eigenvalue weighted by Gasteiger charge is -2.13. The van der Waals surface area contributed by atoms with Crippen LogP contribution in [0, 0.1) is 27.7 Å². The van der Waals surface area contributed by atoms with E-state index in [1.54, 1.807) is 6.92 Å². The minimum atomic E-state index is -0.680. The molecule has 142 valence electrons.